The van der Waals surface area contributed by atoms with Crippen LogP contribution in [0.5, 0.6) is 0 Å². The smallest absolute Gasteiger partial charge is 0.263 e. The lowest BCUT2D eigenvalue weighted by Gasteiger charge is -2.08. The molecule has 0 spiro atoms. The molecule has 8 nitrogen and oxygen atoms in total. The van der Waals surface area contributed by atoms with E-state index >= 15 is 0 Å². The predicted octanol–water partition coefficient (Wildman–Crippen LogP) is 2.11. The number of rotatable bonds is 6. The Hall–Kier alpha value is -3.20. The fourth-order valence-electron chi connectivity index (χ4n) is 2.20. The van der Waals surface area contributed by atoms with Crippen LogP contribution in [0.3, 0.4) is 0 Å². The second kappa shape index (κ2) is 7.36. The average Bonchev–Trinajstić information content (AvgIpc) is 3.04. The van der Waals surface area contributed by atoms with E-state index in [2.05, 4.69) is 20.2 Å². The third-order valence-corrected chi connectivity index (χ3v) is 4.80. The van der Waals surface area contributed by atoms with Crippen LogP contribution in [-0.2, 0) is 16.6 Å². The molecule has 0 radical (unpaired) electrons. The number of nitrogens with zero attached hydrogens (tertiary/aromatic N) is 2. The summed E-state index contributed by atoms with van der Waals surface area (Å²) in [6.45, 7) is 1.94. The Balaban J connectivity index is 1.73. The van der Waals surface area contributed by atoms with Gasteiger partial charge in [-0.15, -0.1) is 0 Å². The maximum Gasteiger partial charge on any atom is 0.263 e. The van der Waals surface area contributed by atoms with Crippen molar-refractivity contribution < 1.29 is 17.7 Å². The Morgan fingerprint density at radius 2 is 2.04 bits per heavy atom. The Labute approximate surface area is 150 Å². The van der Waals surface area contributed by atoms with Gasteiger partial charge >= 0.3 is 0 Å². The normalized spacial score (nSPS) is 11.1. The number of aryl methyl sites for hydroxylation is 1. The highest BCUT2D eigenvalue weighted by molar-refractivity contribution is 7.92. The first-order valence-electron chi connectivity index (χ1n) is 7.67. The van der Waals surface area contributed by atoms with Crippen molar-refractivity contribution in [1.82, 2.24) is 15.5 Å². The van der Waals surface area contributed by atoms with Crippen LogP contribution < -0.4 is 10.0 Å². The molecule has 3 rings (SSSR count). The van der Waals surface area contributed by atoms with Gasteiger partial charge in [0, 0.05) is 30.6 Å². The molecule has 0 aliphatic carbocycles. The molecule has 1 amide bonds. The van der Waals surface area contributed by atoms with E-state index in [-0.39, 0.29) is 22.2 Å². The molecule has 2 aromatic heterocycles. The summed E-state index contributed by atoms with van der Waals surface area (Å²) in [5.74, 6) is 0.170. The summed E-state index contributed by atoms with van der Waals surface area (Å²) in [7, 11) is -3.89. The number of sulfonamides is 1. The number of hydrogen-bond donors (Lipinski definition) is 2. The molecule has 134 valence electrons. The largest absolute Gasteiger partial charge is 0.360 e. The fraction of sp³-hybridized carbons (Fsp3) is 0.118. The standard InChI is InChI=1S/C17H16N4O4S/c1-12-8-16(20-25-12)21-26(23,24)15-6-2-5-14(9-15)17(22)19-11-13-4-3-7-18-10-13/h2-10H,11H2,1H3,(H,19,22)(H,20,21). The molecule has 1 aromatic carbocycles. The zero-order valence-corrected chi connectivity index (χ0v) is 14.7. The van der Waals surface area contributed by atoms with Gasteiger partial charge in [0.2, 0.25) is 0 Å². The Bertz CT molecular complexity index is 1020. The van der Waals surface area contributed by atoms with Crippen LogP contribution in [-0.4, -0.2) is 24.5 Å². The van der Waals surface area contributed by atoms with E-state index in [1.54, 1.807) is 25.4 Å². The van der Waals surface area contributed by atoms with E-state index in [0.29, 0.717) is 12.3 Å². The van der Waals surface area contributed by atoms with E-state index in [9.17, 15) is 13.2 Å². The van der Waals surface area contributed by atoms with Gasteiger partial charge in [-0.1, -0.05) is 17.3 Å². The molecule has 0 fully saturated rings. The number of pyridine rings is 1. The Kier molecular flexibility index (Phi) is 4.99. The van der Waals surface area contributed by atoms with Crippen molar-refractivity contribution in [3.05, 3.63) is 71.7 Å². The van der Waals surface area contributed by atoms with Crippen molar-refractivity contribution in [2.75, 3.05) is 4.72 Å². The van der Waals surface area contributed by atoms with Crippen molar-refractivity contribution in [2.24, 2.45) is 0 Å². The highest BCUT2D eigenvalue weighted by Gasteiger charge is 2.18. The Morgan fingerprint density at radius 3 is 2.73 bits per heavy atom. The van der Waals surface area contributed by atoms with Crippen LogP contribution in [0.4, 0.5) is 5.82 Å². The number of anilines is 1. The van der Waals surface area contributed by atoms with Crippen LogP contribution in [0.25, 0.3) is 0 Å². The van der Waals surface area contributed by atoms with Crippen molar-refractivity contribution in [1.29, 1.82) is 0 Å². The molecule has 3 aromatic rings. The monoisotopic (exact) mass is 372 g/mol. The van der Waals surface area contributed by atoms with E-state index in [4.69, 9.17) is 4.52 Å². The number of carbonyl (C=O) groups is 1. The summed E-state index contributed by atoms with van der Waals surface area (Å²) in [6.07, 6.45) is 3.29. The molecule has 26 heavy (non-hydrogen) atoms. The van der Waals surface area contributed by atoms with E-state index < -0.39 is 10.0 Å². The van der Waals surface area contributed by atoms with Crippen molar-refractivity contribution in [3.63, 3.8) is 0 Å². The molecule has 2 N–H and O–H groups in total. The molecule has 0 aliphatic rings. The molecular weight excluding hydrogens is 356 g/mol. The third kappa shape index (κ3) is 4.25. The summed E-state index contributed by atoms with van der Waals surface area (Å²) < 4.78 is 32.0. The first kappa shape index (κ1) is 17.6. The molecule has 0 atom stereocenters. The maximum absolute atomic E-state index is 12.4. The molecule has 0 saturated heterocycles. The van der Waals surface area contributed by atoms with Crippen LogP contribution in [0, 0.1) is 6.92 Å². The fourth-order valence-corrected chi connectivity index (χ4v) is 3.23. The van der Waals surface area contributed by atoms with Crippen LogP contribution in [0.15, 0.2) is 64.3 Å². The number of aromatic nitrogens is 2. The van der Waals surface area contributed by atoms with Crippen LogP contribution in [0.1, 0.15) is 21.7 Å². The number of carbonyl (C=O) groups excluding carboxylic acids is 1. The van der Waals surface area contributed by atoms with Gasteiger partial charge in [0.15, 0.2) is 5.82 Å². The molecule has 0 saturated carbocycles. The molecule has 9 heteroatoms. The number of amides is 1. The predicted molar refractivity (Wildman–Crippen MR) is 93.9 cm³/mol. The minimum Gasteiger partial charge on any atom is -0.360 e. The van der Waals surface area contributed by atoms with Crippen LogP contribution in [0.2, 0.25) is 0 Å². The minimum atomic E-state index is -3.89. The average molecular weight is 372 g/mol. The highest BCUT2D eigenvalue weighted by atomic mass is 32.2. The van der Waals surface area contributed by atoms with Crippen LogP contribution >= 0.6 is 0 Å². The number of nitrogens with one attached hydrogen (secondary N) is 2. The highest BCUT2D eigenvalue weighted by Crippen LogP contribution is 2.17. The van der Waals surface area contributed by atoms with Crippen molar-refractivity contribution >= 4 is 21.7 Å². The summed E-state index contributed by atoms with van der Waals surface area (Å²) in [4.78, 5) is 16.2. The van der Waals surface area contributed by atoms with E-state index in [0.717, 1.165) is 5.56 Å². The zero-order chi connectivity index (χ0) is 18.6. The molecule has 0 unspecified atom stereocenters. The lowest BCUT2D eigenvalue weighted by molar-refractivity contribution is 0.0950. The minimum absolute atomic E-state index is 0.0489. The second-order valence-corrected chi connectivity index (χ2v) is 7.18. The SMILES string of the molecule is Cc1cc(NS(=O)(=O)c2cccc(C(=O)NCc3cccnc3)c2)no1. The van der Waals surface area contributed by atoms with E-state index in [1.807, 2.05) is 6.07 Å². The van der Waals surface area contributed by atoms with Gasteiger partial charge in [-0.3, -0.25) is 14.5 Å². The molecule has 0 bridgehead atoms. The number of hydrogen-bond acceptors (Lipinski definition) is 6. The van der Waals surface area contributed by atoms with Gasteiger partial charge in [-0.2, -0.15) is 0 Å². The topological polar surface area (TPSA) is 114 Å². The zero-order valence-electron chi connectivity index (χ0n) is 13.8. The summed E-state index contributed by atoms with van der Waals surface area (Å²) >= 11 is 0. The Morgan fingerprint density at radius 1 is 1.19 bits per heavy atom. The molecule has 2 heterocycles. The lowest BCUT2D eigenvalue weighted by Crippen LogP contribution is -2.23. The van der Waals surface area contributed by atoms with Gasteiger partial charge < -0.3 is 9.84 Å². The van der Waals surface area contributed by atoms with Crippen molar-refractivity contribution in [3.8, 4) is 0 Å². The summed E-state index contributed by atoms with van der Waals surface area (Å²) in [5, 5.41) is 6.32. The molecular formula is C17H16N4O4S. The van der Waals surface area contributed by atoms with Gasteiger partial charge in [0.25, 0.3) is 15.9 Å². The molecule has 0 aliphatic heterocycles. The van der Waals surface area contributed by atoms with E-state index in [1.165, 1.54) is 30.3 Å². The first-order valence-corrected chi connectivity index (χ1v) is 9.16. The first-order chi connectivity index (χ1) is 12.4. The quantitative estimate of drug-likeness (QED) is 0.685. The van der Waals surface area contributed by atoms with Crippen molar-refractivity contribution in [2.45, 2.75) is 18.4 Å². The van der Waals surface area contributed by atoms with Gasteiger partial charge in [0.05, 0.1) is 4.90 Å². The maximum atomic E-state index is 12.4. The van der Waals surface area contributed by atoms with Gasteiger partial charge in [-0.25, -0.2) is 8.42 Å². The second-order valence-electron chi connectivity index (χ2n) is 5.50. The van der Waals surface area contributed by atoms with Gasteiger partial charge in [-0.05, 0) is 36.8 Å². The summed E-state index contributed by atoms with van der Waals surface area (Å²) in [6, 6.07) is 10.8. The number of benzene rings is 1. The lowest BCUT2D eigenvalue weighted by atomic mass is 10.2. The summed E-state index contributed by atoms with van der Waals surface area (Å²) in [5.41, 5.74) is 1.07. The van der Waals surface area contributed by atoms with Gasteiger partial charge in [0.1, 0.15) is 5.76 Å². The third-order valence-electron chi connectivity index (χ3n) is 3.45.